The van der Waals surface area contributed by atoms with Crippen molar-refractivity contribution in [2.24, 2.45) is 5.41 Å². The highest BCUT2D eigenvalue weighted by atomic mass is 31.2. The number of carbonyl (C=O) groups excluding carboxylic acids is 1. The second kappa shape index (κ2) is 5.52. The molecule has 17 heavy (non-hydrogen) atoms. The van der Waals surface area contributed by atoms with Crippen LogP contribution in [0.3, 0.4) is 0 Å². The number of rotatable bonds is 6. The minimum atomic E-state index is -4.22. The summed E-state index contributed by atoms with van der Waals surface area (Å²) in [4.78, 5) is 28.3. The smallest absolute Gasteiger partial charge is 0.361 e. The molecule has 6 nitrogen and oxygen atoms in total. The van der Waals surface area contributed by atoms with Crippen LogP contribution in [-0.4, -0.2) is 35.5 Å². The molecular weight excluding hydrogens is 242 g/mol. The average molecular weight is 262 g/mol. The van der Waals surface area contributed by atoms with Gasteiger partial charge in [-0.1, -0.05) is 13.8 Å². The maximum absolute atomic E-state index is 10.8. The first kappa shape index (κ1) is 16.6. The summed E-state index contributed by atoms with van der Waals surface area (Å²) >= 11 is 0. The first-order valence-corrected chi connectivity index (χ1v) is 6.83. The normalized spacial score (nSPS) is 13.5. The quantitative estimate of drug-likeness (QED) is 0.418. The second-order valence-corrected chi connectivity index (χ2v) is 7.00. The van der Waals surface area contributed by atoms with Gasteiger partial charge in [0.25, 0.3) is 0 Å². The fourth-order valence-electron chi connectivity index (χ4n) is 1.95. The molecule has 0 rings (SSSR count). The van der Waals surface area contributed by atoms with E-state index in [0.29, 0.717) is 6.42 Å². The van der Waals surface area contributed by atoms with Gasteiger partial charge in [-0.05, 0) is 25.7 Å². The average Bonchev–Trinajstić information content (AvgIpc) is 1.94. The molecule has 2 radical (unpaired) electrons. The fourth-order valence-corrected chi connectivity index (χ4v) is 2.59. The predicted molar refractivity (Wildman–Crippen MR) is 66.8 cm³/mol. The maximum atomic E-state index is 10.8. The van der Waals surface area contributed by atoms with Gasteiger partial charge in [-0.2, -0.15) is 0 Å². The van der Waals surface area contributed by atoms with E-state index in [9.17, 15) is 9.36 Å². The van der Waals surface area contributed by atoms with Gasteiger partial charge in [0, 0.05) is 12.1 Å². The van der Waals surface area contributed by atoms with Crippen molar-refractivity contribution in [3.05, 3.63) is 0 Å². The zero-order chi connectivity index (χ0) is 13.9. The molecule has 1 amide bonds. The van der Waals surface area contributed by atoms with Crippen LogP contribution in [0.1, 0.15) is 34.1 Å². The highest BCUT2D eigenvalue weighted by molar-refractivity contribution is 7.49. The Hall–Kier alpha value is -0.355. The molecule has 0 unspecified atom stereocenters. The van der Waals surface area contributed by atoms with Gasteiger partial charge in [0.1, 0.15) is 0 Å². The van der Waals surface area contributed by atoms with Crippen LogP contribution in [0.2, 0.25) is 0 Å². The van der Waals surface area contributed by atoms with Crippen molar-refractivity contribution in [1.82, 2.24) is 10.4 Å². The third-order valence-electron chi connectivity index (χ3n) is 2.15. The molecule has 0 aliphatic rings. The standard InChI is InChI=1S/C9H20BN2O4P/c1-8(2,6-11-17(14,15)16)5-9(3,4)12-7(10)13/h5-6H2,1-4H3,(H,12,13)(H3,11,14,15,16). The van der Waals surface area contributed by atoms with E-state index in [2.05, 4.69) is 10.4 Å². The summed E-state index contributed by atoms with van der Waals surface area (Å²) in [6.45, 7) is 7.44. The molecule has 0 saturated carbocycles. The van der Waals surface area contributed by atoms with Crippen LogP contribution < -0.4 is 10.4 Å². The molecule has 0 fully saturated rings. The van der Waals surface area contributed by atoms with E-state index in [4.69, 9.17) is 17.6 Å². The summed E-state index contributed by atoms with van der Waals surface area (Å²) in [6.07, 6.45) is 0.524. The van der Waals surface area contributed by atoms with Crippen molar-refractivity contribution in [1.29, 1.82) is 0 Å². The zero-order valence-corrected chi connectivity index (χ0v) is 11.5. The van der Waals surface area contributed by atoms with Crippen molar-refractivity contribution in [2.75, 3.05) is 6.54 Å². The van der Waals surface area contributed by atoms with E-state index < -0.39 is 24.5 Å². The first-order valence-electron chi connectivity index (χ1n) is 5.21. The molecule has 0 atom stereocenters. The zero-order valence-electron chi connectivity index (χ0n) is 10.6. The van der Waals surface area contributed by atoms with Crippen LogP contribution in [0.25, 0.3) is 0 Å². The lowest BCUT2D eigenvalue weighted by molar-refractivity contribution is 0.213. The summed E-state index contributed by atoms with van der Waals surface area (Å²) in [5.74, 6) is -0.617. The number of carbonyl (C=O) groups is 1. The number of nitrogens with one attached hydrogen (secondary N) is 2. The monoisotopic (exact) mass is 262 g/mol. The fraction of sp³-hybridized carbons (Fsp3) is 0.889. The van der Waals surface area contributed by atoms with Crippen molar-refractivity contribution < 1.29 is 19.1 Å². The Morgan fingerprint density at radius 2 is 1.76 bits per heavy atom. The molecule has 0 aromatic rings. The summed E-state index contributed by atoms with van der Waals surface area (Å²) in [6, 6.07) is 0. The van der Waals surface area contributed by atoms with Crippen LogP contribution >= 0.6 is 7.75 Å². The third-order valence-corrected chi connectivity index (χ3v) is 2.72. The molecular formula is C9H20BN2O4P. The van der Waals surface area contributed by atoms with Crippen molar-refractivity contribution in [3.8, 4) is 0 Å². The Kier molecular flexibility index (Phi) is 5.41. The number of amides is 1. The Balaban J connectivity index is 4.42. The molecule has 0 aliphatic carbocycles. The van der Waals surface area contributed by atoms with Crippen molar-refractivity contribution >= 4 is 21.4 Å². The second-order valence-electron chi connectivity index (χ2n) is 5.59. The van der Waals surface area contributed by atoms with E-state index in [1.54, 1.807) is 13.8 Å². The van der Waals surface area contributed by atoms with Crippen LogP contribution in [0.15, 0.2) is 0 Å². The highest BCUT2D eigenvalue weighted by Gasteiger charge is 2.30. The Labute approximate surface area is 103 Å². The Bertz CT molecular complexity index is 327. The molecule has 0 saturated heterocycles. The Morgan fingerprint density at radius 1 is 1.29 bits per heavy atom. The number of hydrogen-bond acceptors (Lipinski definition) is 2. The maximum Gasteiger partial charge on any atom is 0.400 e. The largest absolute Gasteiger partial charge is 0.400 e. The highest BCUT2D eigenvalue weighted by Crippen LogP contribution is 2.33. The first-order chi connectivity index (χ1) is 7.33. The minimum Gasteiger partial charge on any atom is -0.361 e. The molecule has 0 bridgehead atoms. The van der Waals surface area contributed by atoms with Crippen molar-refractivity contribution in [3.63, 3.8) is 0 Å². The van der Waals surface area contributed by atoms with Gasteiger partial charge in [-0.3, -0.25) is 4.79 Å². The van der Waals surface area contributed by atoms with E-state index in [0.717, 1.165) is 0 Å². The van der Waals surface area contributed by atoms with Crippen molar-refractivity contribution in [2.45, 2.75) is 39.7 Å². The van der Waals surface area contributed by atoms with Crippen LogP contribution in [0.4, 0.5) is 4.79 Å². The van der Waals surface area contributed by atoms with Gasteiger partial charge in [-0.15, -0.1) is 0 Å². The van der Waals surface area contributed by atoms with E-state index in [1.165, 1.54) is 0 Å². The number of hydrogen-bond donors (Lipinski definition) is 4. The minimum absolute atomic E-state index is 0.140. The summed E-state index contributed by atoms with van der Waals surface area (Å²) in [7, 11) is 0.833. The SMILES string of the molecule is [B]C(=O)NC(C)(C)CC(C)(C)CNP(=O)(O)O. The van der Waals surface area contributed by atoms with Crippen LogP contribution in [-0.2, 0) is 4.57 Å². The van der Waals surface area contributed by atoms with Gasteiger partial charge in [-0.25, -0.2) is 9.65 Å². The predicted octanol–water partition coefficient (Wildman–Crippen LogP) is 0.742. The summed E-state index contributed by atoms with van der Waals surface area (Å²) in [5.41, 5.74) is -0.932. The lowest BCUT2D eigenvalue weighted by atomic mass is 9.80. The van der Waals surface area contributed by atoms with E-state index in [1.807, 2.05) is 13.8 Å². The molecule has 0 heterocycles. The molecule has 0 aliphatic heterocycles. The van der Waals surface area contributed by atoms with Gasteiger partial charge >= 0.3 is 7.75 Å². The van der Waals surface area contributed by atoms with Gasteiger partial charge in [0.05, 0.1) is 0 Å². The molecule has 0 aromatic heterocycles. The lowest BCUT2D eigenvalue weighted by Gasteiger charge is -2.35. The summed E-state index contributed by atoms with van der Waals surface area (Å²) < 4.78 is 10.7. The van der Waals surface area contributed by atoms with Gasteiger partial charge < -0.3 is 15.1 Å². The topological polar surface area (TPSA) is 98.7 Å². The molecule has 0 spiro atoms. The van der Waals surface area contributed by atoms with Gasteiger partial charge in [0.15, 0.2) is 5.81 Å². The summed E-state index contributed by atoms with van der Waals surface area (Å²) in [5, 5.41) is 4.75. The van der Waals surface area contributed by atoms with Gasteiger partial charge in [0.2, 0.25) is 7.85 Å². The molecule has 0 aromatic carbocycles. The molecule has 4 N–H and O–H groups in total. The van der Waals surface area contributed by atoms with Crippen LogP contribution in [0, 0.1) is 5.41 Å². The molecule has 8 heteroatoms. The van der Waals surface area contributed by atoms with Crippen LogP contribution in [0.5, 0.6) is 0 Å². The third kappa shape index (κ3) is 9.36. The molecule has 98 valence electrons. The lowest BCUT2D eigenvalue weighted by Crippen LogP contribution is -2.47. The van der Waals surface area contributed by atoms with E-state index >= 15 is 0 Å². The Morgan fingerprint density at radius 3 is 2.12 bits per heavy atom. The van der Waals surface area contributed by atoms with E-state index in [-0.39, 0.29) is 6.54 Å².